The number of nitrogens with one attached hydrogen (secondary N) is 2. The summed E-state index contributed by atoms with van der Waals surface area (Å²) in [5.74, 6) is 0.446. The molecule has 7 nitrogen and oxygen atoms in total. The van der Waals surface area contributed by atoms with Gasteiger partial charge in [0.05, 0.1) is 12.2 Å². The average molecular weight is 248 g/mol. The number of carbonyl (C=O) groups excluding carboxylic acids is 1. The van der Waals surface area contributed by atoms with Crippen LogP contribution in [0.15, 0.2) is 18.6 Å². The van der Waals surface area contributed by atoms with Gasteiger partial charge in [-0.05, 0) is 12.5 Å². The second kappa shape index (κ2) is 5.35. The van der Waals surface area contributed by atoms with E-state index in [9.17, 15) is 4.79 Å². The van der Waals surface area contributed by atoms with Crippen molar-refractivity contribution in [2.24, 2.45) is 0 Å². The molecule has 7 heteroatoms. The molecule has 0 fully saturated rings. The molecule has 18 heavy (non-hydrogen) atoms. The zero-order valence-electron chi connectivity index (χ0n) is 10.2. The van der Waals surface area contributed by atoms with Crippen molar-refractivity contribution in [2.45, 2.75) is 26.4 Å². The number of amides is 1. The van der Waals surface area contributed by atoms with Gasteiger partial charge in [0.2, 0.25) is 0 Å². The Morgan fingerprint density at radius 3 is 3.11 bits per heavy atom. The van der Waals surface area contributed by atoms with Crippen LogP contribution in [0.2, 0.25) is 0 Å². The summed E-state index contributed by atoms with van der Waals surface area (Å²) in [6, 6.07) is 1.67. The summed E-state index contributed by atoms with van der Waals surface area (Å²) in [4.78, 5) is 15.9. The van der Waals surface area contributed by atoms with Gasteiger partial charge < -0.3 is 15.6 Å². The van der Waals surface area contributed by atoms with Gasteiger partial charge >= 0.3 is 0 Å². The maximum Gasteiger partial charge on any atom is 0.268 e. The van der Waals surface area contributed by atoms with Crippen molar-refractivity contribution >= 4 is 11.6 Å². The predicted octanol–water partition coefficient (Wildman–Crippen LogP) is 0.528. The number of aromatic amines is 1. The molecule has 0 unspecified atom stereocenters. The molecular formula is C11H16N6O. The number of H-pyrrole nitrogens is 1. The number of nitrogen functional groups attached to an aromatic ring is 1. The molecule has 0 saturated heterocycles. The van der Waals surface area contributed by atoms with Gasteiger partial charge in [0.25, 0.3) is 5.91 Å². The average Bonchev–Trinajstić information content (AvgIpc) is 2.96. The Labute approximate surface area is 104 Å². The van der Waals surface area contributed by atoms with Crippen LogP contribution < -0.4 is 11.1 Å². The predicted molar refractivity (Wildman–Crippen MR) is 66.7 cm³/mol. The van der Waals surface area contributed by atoms with Crippen LogP contribution in [-0.4, -0.2) is 25.7 Å². The van der Waals surface area contributed by atoms with Crippen molar-refractivity contribution in [3.05, 3.63) is 30.1 Å². The minimum absolute atomic E-state index is 0.170. The molecule has 0 spiro atoms. The minimum Gasteiger partial charge on any atom is -0.397 e. The Morgan fingerprint density at radius 2 is 2.44 bits per heavy atom. The first-order chi connectivity index (χ1) is 8.70. The standard InChI is InChI=1S/C11H16N6O/c1-2-3-17-6-8(12)4-9(17)11(18)13-5-10-14-7-15-16-10/h4,6-7H,2-3,5,12H2,1H3,(H,13,18)(H,14,15,16). The molecule has 2 rings (SSSR count). The number of aromatic nitrogens is 4. The summed E-state index contributed by atoms with van der Waals surface area (Å²) in [5.41, 5.74) is 6.86. The fourth-order valence-corrected chi connectivity index (χ4v) is 1.72. The fraction of sp³-hybridized carbons (Fsp3) is 0.364. The van der Waals surface area contributed by atoms with E-state index in [4.69, 9.17) is 5.73 Å². The quantitative estimate of drug-likeness (QED) is 0.718. The smallest absolute Gasteiger partial charge is 0.268 e. The summed E-state index contributed by atoms with van der Waals surface area (Å²) in [7, 11) is 0. The lowest BCUT2D eigenvalue weighted by molar-refractivity contribution is 0.0940. The van der Waals surface area contributed by atoms with E-state index in [0.717, 1.165) is 13.0 Å². The fourth-order valence-electron chi connectivity index (χ4n) is 1.72. The molecule has 0 saturated carbocycles. The number of nitrogens with two attached hydrogens (primary N) is 1. The van der Waals surface area contributed by atoms with Crippen LogP contribution in [0.25, 0.3) is 0 Å². The van der Waals surface area contributed by atoms with E-state index >= 15 is 0 Å². The van der Waals surface area contributed by atoms with Crippen molar-refractivity contribution < 1.29 is 4.79 Å². The van der Waals surface area contributed by atoms with Crippen molar-refractivity contribution in [2.75, 3.05) is 5.73 Å². The largest absolute Gasteiger partial charge is 0.397 e. The van der Waals surface area contributed by atoms with E-state index in [-0.39, 0.29) is 5.91 Å². The van der Waals surface area contributed by atoms with Crippen LogP contribution in [0.5, 0.6) is 0 Å². The summed E-state index contributed by atoms with van der Waals surface area (Å²) in [6.45, 7) is 3.13. The highest BCUT2D eigenvalue weighted by atomic mass is 16.1. The molecule has 4 N–H and O–H groups in total. The second-order valence-electron chi connectivity index (χ2n) is 3.97. The first-order valence-electron chi connectivity index (χ1n) is 5.78. The molecule has 1 amide bonds. The minimum atomic E-state index is -0.170. The van der Waals surface area contributed by atoms with Gasteiger partial charge in [0, 0.05) is 12.7 Å². The maximum absolute atomic E-state index is 12.0. The summed E-state index contributed by atoms with van der Waals surface area (Å²) in [5, 5.41) is 9.16. The third-order valence-electron chi connectivity index (χ3n) is 2.50. The van der Waals surface area contributed by atoms with Gasteiger partial charge in [-0.2, -0.15) is 5.10 Å². The Bertz CT molecular complexity index is 516. The van der Waals surface area contributed by atoms with Crippen LogP contribution in [0.3, 0.4) is 0 Å². The molecule has 0 aliphatic heterocycles. The van der Waals surface area contributed by atoms with E-state index in [1.165, 1.54) is 6.33 Å². The van der Waals surface area contributed by atoms with Gasteiger partial charge in [-0.1, -0.05) is 6.92 Å². The topological polar surface area (TPSA) is 102 Å². The third-order valence-corrected chi connectivity index (χ3v) is 2.50. The Morgan fingerprint density at radius 1 is 1.61 bits per heavy atom. The molecule has 0 bridgehead atoms. The van der Waals surface area contributed by atoms with E-state index in [1.54, 1.807) is 12.3 Å². The van der Waals surface area contributed by atoms with Crippen LogP contribution in [-0.2, 0) is 13.1 Å². The number of rotatable bonds is 5. The second-order valence-corrected chi connectivity index (χ2v) is 3.97. The zero-order chi connectivity index (χ0) is 13.0. The van der Waals surface area contributed by atoms with Gasteiger partial charge in [-0.15, -0.1) is 0 Å². The number of hydrogen-bond acceptors (Lipinski definition) is 4. The van der Waals surface area contributed by atoms with E-state index < -0.39 is 0 Å². The molecule has 96 valence electrons. The Kier molecular flexibility index (Phi) is 3.61. The van der Waals surface area contributed by atoms with Crippen molar-refractivity contribution in [3.8, 4) is 0 Å². The molecule has 0 atom stereocenters. The molecule has 2 heterocycles. The highest BCUT2D eigenvalue weighted by molar-refractivity contribution is 5.93. The summed E-state index contributed by atoms with van der Waals surface area (Å²) < 4.78 is 1.85. The maximum atomic E-state index is 12.0. The van der Waals surface area contributed by atoms with Gasteiger partial charge in [-0.25, -0.2) is 4.98 Å². The molecule has 0 aliphatic rings. The Balaban J connectivity index is 2.03. The van der Waals surface area contributed by atoms with E-state index in [0.29, 0.717) is 23.8 Å². The molecule has 2 aromatic heterocycles. The molecule has 0 radical (unpaired) electrons. The van der Waals surface area contributed by atoms with Crippen LogP contribution in [0.1, 0.15) is 29.7 Å². The summed E-state index contributed by atoms with van der Waals surface area (Å²) >= 11 is 0. The number of anilines is 1. The first kappa shape index (κ1) is 12.2. The number of hydrogen-bond donors (Lipinski definition) is 3. The van der Waals surface area contributed by atoms with Crippen molar-refractivity contribution in [1.82, 2.24) is 25.1 Å². The summed E-state index contributed by atoms with van der Waals surface area (Å²) in [6.07, 6.45) is 4.11. The lowest BCUT2D eigenvalue weighted by Crippen LogP contribution is -2.25. The van der Waals surface area contributed by atoms with Crippen molar-refractivity contribution in [3.63, 3.8) is 0 Å². The van der Waals surface area contributed by atoms with E-state index in [2.05, 4.69) is 20.5 Å². The normalized spacial score (nSPS) is 10.5. The lowest BCUT2D eigenvalue weighted by atomic mass is 10.3. The van der Waals surface area contributed by atoms with Gasteiger partial charge in [-0.3, -0.25) is 9.89 Å². The Hall–Kier alpha value is -2.31. The van der Waals surface area contributed by atoms with Crippen LogP contribution >= 0.6 is 0 Å². The third kappa shape index (κ3) is 2.68. The number of carbonyl (C=O) groups is 1. The molecule has 0 aliphatic carbocycles. The van der Waals surface area contributed by atoms with Gasteiger partial charge in [0.15, 0.2) is 0 Å². The zero-order valence-corrected chi connectivity index (χ0v) is 10.2. The number of aryl methyl sites for hydroxylation is 1. The molecular weight excluding hydrogens is 232 g/mol. The van der Waals surface area contributed by atoms with Gasteiger partial charge in [0.1, 0.15) is 17.8 Å². The lowest BCUT2D eigenvalue weighted by Gasteiger charge is -2.07. The first-order valence-corrected chi connectivity index (χ1v) is 5.78. The van der Waals surface area contributed by atoms with Crippen molar-refractivity contribution in [1.29, 1.82) is 0 Å². The SMILES string of the molecule is CCCn1cc(N)cc1C(=O)NCc1ncn[nH]1. The van der Waals surface area contributed by atoms with Crippen LogP contribution in [0, 0.1) is 0 Å². The molecule has 0 aromatic carbocycles. The monoisotopic (exact) mass is 248 g/mol. The van der Waals surface area contributed by atoms with Crippen LogP contribution in [0.4, 0.5) is 5.69 Å². The highest BCUT2D eigenvalue weighted by Crippen LogP contribution is 2.11. The highest BCUT2D eigenvalue weighted by Gasteiger charge is 2.12. The van der Waals surface area contributed by atoms with E-state index in [1.807, 2.05) is 11.5 Å². The number of nitrogens with zero attached hydrogens (tertiary/aromatic N) is 3. The molecule has 2 aromatic rings.